The first-order valence-electron chi connectivity index (χ1n) is 10.5. The van der Waals surface area contributed by atoms with Crippen molar-refractivity contribution in [3.8, 4) is 11.6 Å². The zero-order valence-electron chi connectivity index (χ0n) is 17.6. The number of nitrogen functional groups attached to an aromatic ring is 1. The number of furan rings is 1. The highest BCUT2D eigenvalue weighted by molar-refractivity contribution is 7.99. The summed E-state index contributed by atoms with van der Waals surface area (Å²) in [4.78, 5) is 17.0. The average Bonchev–Trinajstić information content (AvgIpc) is 3.48. The average molecular weight is 449 g/mol. The van der Waals surface area contributed by atoms with E-state index in [9.17, 15) is 4.79 Å². The topological polar surface area (TPSA) is 93.4 Å². The molecule has 4 aromatic rings. The largest absolute Gasteiger partial charge is 0.461 e. The second-order valence-electron chi connectivity index (χ2n) is 7.74. The van der Waals surface area contributed by atoms with E-state index >= 15 is 0 Å². The van der Waals surface area contributed by atoms with E-state index in [4.69, 9.17) is 10.3 Å². The lowest BCUT2D eigenvalue weighted by atomic mass is 10.0. The number of benzene rings is 2. The van der Waals surface area contributed by atoms with Crippen molar-refractivity contribution in [2.45, 2.75) is 11.7 Å². The van der Waals surface area contributed by atoms with E-state index in [-0.39, 0.29) is 11.7 Å². The molecular weight excluding hydrogens is 424 g/mol. The molecule has 32 heavy (non-hydrogen) atoms. The highest BCUT2D eigenvalue weighted by Gasteiger charge is 2.23. The third-order valence-corrected chi connectivity index (χ3v) is 6.66. The third kappa shape index (κ3) is 4.21. The van der Waals surface area contributed by atoms with Crippen molar-refractivity contribution in [3.05, 3.63) is 66.4 Å². The van der Waals surface area contributed by atoms with Crippen molar-refractivity contribution in [3.63, 3.8) is 0 Å². The Bertz CT molecular complexity index is 1210. The van der Waals surface area contributed by atoms with Crippen LogP contribution in [-0.2, 0) is 11.3 Å². The Morgan fingerprint density at radius 2 is 1.81 bits per heavy atom. The van der Waals surface area contributed by atoms with Crippen LogP contribution in [0, 0.1) is 0 Å². The molecule has 0 saturated carbocycles. The van der Waals surface area contributed by atoms with E-state index in [1.807, 2.05) is 4.90 Å². The Kier molecular flexibility index (Phi) is 5.83. The molecule has 0 aliphatic carbocycles. The maximum absolute atomic E-state index is 12.7. The molecule has 2 aromatic carbocycles. The van der Waals surface area contributed by atoms with Gasteiger partial charge in [0.15, 0.2) is 5.76 Å². The van der Waals surface area contributed by atoms with Crippen molar-refractivity contribution in [1.82, 2.24) is 24.7 Å². The minimum absolute atomic E-state index is 0.0855. The van der Waals surface area contributed by atoms with Gasteiger partial charge in [-0.15, -0.1) is 10.2 Å². The number of thioether (sulfide) groups is 1. The summed E-state index contributed by atoms with van der Waals surface area (Å²) in [6, 6.07) is 18.5. The summed E-state index contributed by atoms with van der Waals surface area (Å²) in [5.41, 5.74) is 1.33. The molecule has 164 valence electrons. The van der Waals surface area contributed by atoms with Gasteiger partial charge in [0.1, 0.15) is 0 Å². The molecule has 2 N–H and O–H groups in total. The third-order valence-electron chi connectivity index (χ3n) is 5.73. The fraction of sp³-hybridized carbons (Fsp3) is 0.261. The van der Waals surface area contributed by atoms with Gasteiger partial charge >= 0.3 is 0 Å². The number of aromatic nitrogens is 3. The summed E-state index contributed by atoms with van der Waals surface area (Å²) >= 11 is 1.29. The van der Waals surface area contributed by atoms with Crippen LogP contribution >= 0.6 is 11.8 Å². The van der Waals surface area contributed by atoms with Crippen LogP contribution in [0.5, 0.6) is 0 Å². The minimum Gasteiger partial charge on any atom is -0.461 e. The molecule has 0 atom stereocenters. The summed E-state index contributed by atoms with van der Waals surface area (Å²) in [6.45, 7) is 4.04. The van der Waals surface area contributed by atoms with Crippen LogP contribution in [0.1, 0.15) is 5.56 Å². The molecule has 1 amide bonds. The summed E-state index contributed by atoms with van der Waals surface area (Å²) < 4.78 is 6.68. The molecule has 3 heterocycles. The van der Waals surface area contributed by atoms with E-state index in [0.717, 1.165) is 32.7 Å². The second-order valence-corrected chi connectivity index (χ2v) is 8.68. The van der Waals surface area contributed by atoms with Crippen molar-refractivity contribution in [2.75, 3.05) is 37.8 Å². The number of hydrogen-bond acceptors (Lipinski definition) is 7. The Morgan fingerprint density at radius 1 is 1.00 bits per heavy atom. The van der Waals surface area contributed by atoms with Crippen LogP contribution in [0.15, 0.2) is 70.4 Å². The molecule has 1 saturated heterocycles. The highest BCUT2D eigenvalue weighted by atomic mass is 32.2. The Balaban J connectivity index is 1.14. The Hall–Kier alpha value is -3.30. The fourth-order valence-corrected chi connectivity index (χ4v) is 4.75. The van der Waals surface area contributed by atoms with Crippen molar-refractivity contribution >= 4 is 28.4 Å². The number of carbonyl (C=O) groups is 1. The molecular formula is C23H24N6O2S. The lowest BCUT2D eigenvalue weighted by Gasteiger charge is -2.35. The number of fused-ring (bicyclic) bond motifs is 1. The number of carbonyl (C=O) groups excluding carboxylic acids is 1. The molecule has 5 rings (SSSR count). The van der Waals surface area contributed by atoms with E-state index in [1.165, 1.54) is 32.8 Å². The van der Waals surface area contributed by atoms with Gasteiger partial charge in [0.25, 0.3) is 0 Å². The Morgan fingerprint density at radius 3 is 2.62 bits per heavy atom. The van der Waals surface area contributed by atoms with Crippen LogP contribution in [0.4, 0.5) is 0 Å². The quantitative estimate of drug-likeness (QED) is 0.358. The van der Waals surface area contributed by atoms with E-state index in [1.54, 1.807) is 18.4 Å². The molecule has 1 aliphatic heterocycles. The van der Waals surface area contributed by atoms with Crippen LogP contribution in [0.2, 0.25) is 0 Å². The molecule has 1 fully saturated rings. The first-order chi connectivity index (χ1) is 15.7. The maximum Gasteiger partial charge on any atom is 0.233 e. The predicted molar refractivity (Wildman–Crippen MR) is 124 cm³/mol. The predicted octanol–water partition coefficient (Wildman–Crippen LogP) is 2.84. The van der Waals surface area contributed by atoms with Crippen LogP contribution < -0.4 is 5.84 Å². The summed E-state index contributed by atoms with van der Waals surface area (Å²) in [5.74, 6) is 7.41. The van der Waals surface area contributed by atoms with Crippen LogP contribution in [0.3, 0.4) is 0 Å². The van der Waals surface area contributed by atoms with Crippen LogP contribution in [-0.4, -0.2) is 62.5 Å². The number of hydrogen-bond donors (Lipinski definition) is 1. The molecule has 2 aromatic heterocycles. The van der Waals surface area contributed by atoms with Crippen molar-refractivity contribution < 1.29 is 9.21 Å². The van der Waals surface area contributed by atoms with Gasteiger partial charge in [0, 0.05) is 32.7 Å². The summed E-state index contributed by atoms with van der Waals surface area (Å²) in [7, 11) is 0. The lowest BCUT2D eigenvalue weighted by molar-refractivity contribution is -0.130. The van der Waals surface area contributed by atoms with Gasteiger partial charge in [-0.25, -0.2) is 4.68 Å². The fourth-order valence-electron chi connectivity index (χ4n) is 3.99. The summed E-state index contributed by atoms with van der Waals surface area (Å²) in [5, 5.41) is 11.2. The molecule has 1 aliphatic rings. The van der Waals surface area contributed by atoms with E-state index in [0.29, 0.717) is 16.7 Å². The first kappa shape index (κ1) is 20.6. The van der Waals surface area contributed by atoms with Gasteiger partial charge in [-0.1, -0.05) is 54.2 Å². The number of nitrogens with zero attached hydrogens (tertiary/aromatic N) is 5. The number of amides is 1. The van der Waals surface area contributed by atoms with E-state index in [2.05, 4.69) is 57.6 Å². The van der Waals surface area contributed by atoms with Gasteiger partial charge in [-0.05, 0) is 28.5 Å². The van der Waals surface area contributed by atoms with Crippen molar-refractivity contribution in [1.29, 1.82) is 0 Å². The maximum atomic E-state index is 12.7. The van der Waals surface area contributed by atoms with Crippen LogP contribution in [0.25, 0.3) is 22.4 Å². The smallest absolute Gasteiger partial charge is 0.233 e. The van der Waals surface area contributed by atoms with Gasteiger partial charge in [0.2, 0.25) is 16.9 Å². The second kappa shape index (κ2) is 9.05. The molecule has 8 nitrogen and oxygen atoms in total. The molecule has 0 unspecified atom stereocenters. The monoisotopic (exact) mass is 448 g/mol. The number of nitrogens with two attached hydrogens (primary N) is 1. The summed E-state index contributed by atoms with van der Waals surface area (Å²) in [6.07, 6.45) is 1.56. The zero-order valence-corrected chi connectivity index (χ0v) is 18.4. The Labute approximate surface area is 190 Å². The highest BCUT2D eigenvalue weighted by Crippen LogP contribution is 2.23. The first-order valence-corrected chi connectivity index (χ1v) is 11.5. The molecule has 0 radical (unpaired) electrons. The molecule has 9 heteroatoms. The minimum atomic E-state index is 0.0855. The van der Waals surface area contributed by atoms with Gasteiger partial charge in [-0.3, -0.25) is 9.69 Å². The lowest BCUT2D eigenvalue weighted by Crippen LogP contribution is -2.48. The zero-order chi connectivity index (χ0) is 21.9. The van der Waals surface area contributed by atoms with Gasteiger partial charge in [0.05, 0.1) is 12.0 Å². The SMILES string of the molecule is Nn1c(SCC(=O)N2CCN(Cc3cccc4ccccc34)CC2)nnc1-c1ccco1. The number of piperazine rings is 1. The van der Waals surface area contributed by atoms with E-state index < -0.39 is 0 Å². The van der Waals surface area contributed by atoms with Crippen molar-refractivity contribution in [2.24, 2.45) is 0 Å². The molecule has 0 spiro atoms. The van der Waals surface area contributed by atoms with Gasteiger partial charge < -0.3 is 15.2 Å². The molecule has 0 bridgehead atoms. The van der Waals surface area contributed by atoms with Gasteiger partial charge in [-0.2, -0.15) is 0 Å². The number of rotatable bonds is 6. The standard InChI is InChI=1S/C23H24N6O2S/c24-29-22(20-9-4-14-31-20)25-26-23(29)32-16-21(30)28-12-10-27(11-13-28)15-18-7-3-6-17-5-1-2-8-19(17)18/h1-9,14H,10-13,15-16,24H2. The normalized spacial score (nSPS) is 14.8.